The van der Waals surface area contributed by atoms with Crippen molar-refractivity contribution >= 4 is 52.3 Å². The molecule has 3 aliphatic rings. The Bertz CT molecular complexity index is 2550. The SMILES string of the molecule is CCC(C)C1=Cc2c(ccc(C(C)C)c2-c2ccccc2)[CH]1[Zr]([Cl])([Cl])([c]1cccc2c1[SiH2]c1ccccc1-2)[CH]1C(C(C)CC)=Cc2c1ccc(C(C)C)c2-c1ccccc1. The molecule has 4 unspecified atom stereocenters. The van der Waals surface area contributed by atoms with E-state index in [1.165, 1.54) is 91.6 Å². The first kappa shape index (κ1) is 41.8. The molecule has 4 atom stereocenters. The van der Waals surface area contributed by atoms with Gasteiger partial charge in [-0.15, -0.1) is 0 Å². The number of benzene rings is 6. The van der Waals surface area contributed by atoms with E-state index < -0.39 is 25.9 Å². The standard InChI is InChI=1S/2C22H25.C12H9Si.2ClH.Zr/c2*1-5-16(4)19-13-18-11-12-20(15(2)3)22(21(18)14-19)17-9-7-6-8-10-17;1-3-7-11-9(5-1)10-6-2-4-8-12(10)13-11;;;/h2*6-16H,5H2,1-4H3;1-7H,13H2;2*1H;/q;;;;;+2/p-2. The summed E-state index contributed by atoms with van der Waals surface area (Å²) >= 11 is -5.74. The minimum absolute atomic E-state index is 0.110. The molecule has 0 nitrogen and oxygen atoms in total. The van der Waals surface area contributed by atoms with Gasteiger partial charge in [0.05, 0.1) is 0 Å². The van der Waals surface area contributed by atoms with E-state index in [9.17, 15) is 17.0 Å². The van der Waals surface area contributed by atoms with E-state index >= 15 is 0 Å². The zero-order valence-corrected chi connectivity index (χ0v) is 42.0. The summed E-state index contributed by atoms with van der Waals surface area (Å²) in [6, 6.07) is 48.1. The summed E-state index contributed by atoms with van der Waals surface area (Å²) in [6.45, 7) is 18.9. The van der Waals surface area contributed by atoms with E-state index in [2.05, 4.69) is 195 Å². The van der Waals surface area contributed by atoms with Crippen molar-refractivity contribution < 1.29 is 16.4 Å². The van der Waals surface area contributed by atoms with E-state index in [0.29, 0.717) is 23.7 Å². The van der Waals surface area contributed by atoms with Gasteiger partial charge in [0.15, 0.2) is 0 Å². The first-order valence-corrected chi connectivity index (χ1v) is 34.3. The van der Waals surface area contributed by atoms with Gasteiger partial charge in [-0.1, -0.05) is 0 Å². The first-order chi connectivity index (χ1) is 28.9. The van der Waals surface area contributed by atoms with Gasteiger partial charge in [0.25, 0.3) is 0 Å². The predicted octanol–water partition coefficient (Wildman–Crippen LogP) is 14.4. The number of hydrogen-bond donors (Lipinski definition) is 0. The molecule has 0 radical (unpaired) electrons. The third kappa shape index (κ3) is 6.45. The van der Waals surface area contributed by atoms with Crippen molar-refractivity contribution in [2.45, 2.75) is 87.3 Å². The van der Waals surface area contributed by atoms with Crippen LogP contribution < -0.4 is 13.6 Å². The van der Waals surface area contributed by atoms with Crippen LogP contribution in [0.3, 0.4) is 0 Å². The van der Waals surface area contributed by atoms with Gasteiger partial charge in [0.1, 0.15) is 0 Å². The zero-order valence-electron chi connectivity index (χ0n) is 36.6. The Hall–Kier alpha value is -3.52. The first-order valence-electron chi connectivity index (χ1n) is 22.5. The van der Waals surface area contributed by atoms with Crippen LogP contribution in [-0.2, 0) is 16.4 Å². The Morgan fingerprint density at radius 3 is 1.43 bits per heavy atom. The molecule has 0 amide bonds. The van der Waals surface area contributed by atoms with Crippen LogP contribution in [0.25, 0.3) is 45.5 Å². The molecule has 0 N–H and O–H groups in total. The summed E-state index contributed by atoms with van der Waals surface area (Å²) in [4.78, 5) is 0. The molecule has 60 heavy (non-hydrogen) atoms. The monoisotopic (exact) mass is 919 g/mol. The van der Waals surface area contributed by atoms with Crippen LogP contribution in [0, 0.1) is 11.8 Å². The Morgan fingerprint density at radius 1 is 0.517 bits per heavy atom. The number of halogens is 2. The average molecular weight is 922 g/mol. The molecule has 9 rings (SSSR count). The molecule has 1 aliphatic heterocycles. The maximum atomic E-state index is 9.52. The Kier molecular flexibility index (Phi) is 11.1. The second-order valence-electron chi connectivity index (χ2n) is 18.7. The van der Waals surface area contributed by atoms with Crippen LogP contribution in [0.15, 0.2) is 139 Å². The van der Waals surface area contributed by atoms with Gasteiger partial charge in [0, 0.05) is 0 Å². The third-order valence-corrected chi connectivity index (χ3v) is 37.3. The Balaban J connectivity index is 1.43. The van der Waals surface area contributed by atoms with Gasteiger partial charge >= 0.3 is 373 Å². The fraction of sp³-hybridized carbons (Fsp3) is 0.286. The van der Waals surface area contributed by atoms with Crippen LogP contribution in [-0.4, -0.2) is 9.52 Å². The number of rotatable bonds is 11. The van der Waals surface area contributed by atoms with Crippen LogP contribution in [0.5, 0.6) is 0 Å². The molecule has 0 aromatic heterocycles. The van der Waals surface area contributed by atoms with Gasteiger partial charge in [-0.3, -0.25) is 0 Å². The summed E-state index contributed by atoms with van der Waals surface area (Å²) in [5, 5.41) is 2.98. The molecular weight excluding hydrogens is 863 g/mol. The predicted molar refractivity (Wildman–Crippen MR) is 263 cm³/mol. The van der Waals surface area contributed by atoms with Crippen molar-refractivity contribution in [3.05, 3.63) is 172 Å². The molecule has 0 bridgehead atoms. The normalized spacial score (nSPS) is 18.7. The van der Waals surface area contributed by atoms with Crippen molar-refractivity contribution in [1.82, 2.24) is 0 Å². The molecule has 0 fully saturated rings. The zero-order chi connectivity index (χ0) is 42.1. The van der Waals surface area contributed by atoms with E-state index in [1.54, 1.807) is 0 Å². The fourth-order valence-corrected chi connectivity index (χ4v) is 39.4. The quantitative estimate of drug-likeness (QED) is 0.113. The molecular formula is C56H59Cl2SiZr. The van der Waals surface area contributed by atoms with Crippen LogP contribution in [0.1, 0.15) is 121 Å². The summed E-state index contributed by atoms with van der Waals surface area (Å²) < 4.78 is 1.09. The van der Waals surface area contributed by atoms with Gasteiger partial charge in [-0.05, 0) is 0 Å². The van der Waals surface area contributed by atoms with Crippen molar-refractivity contribution in [3.63, 3.8) is 0 Å². The third-order valence-electron chi connectivity index (χ3n) is 14.7. The summed E-state index contributed by atoms with van der Waals surface area (Å²) in [5.74, 6) is 1.30. The Morgan fingerprint density at radius 2 is 0.967 bits per heavy atom. The van der Waals surface area contributed by atoms with Crippen molar-refractivity contribution in [2.24, 2.45) is 11.8 Å². The van der Waals surface area contributed by atoms with Crippen LogP contribution in [0.4, 0.5) is 0 Å². The van der Waals surface area contributed by atoms with Crippen molar-refractivity contribution in [3.8, 4) is 33.4 Å². The Labute approximate surface area is 370 Å². The van der Waals surface area contributed by atoms with Gasteiger partial charge in [-0.2, -0.15) is 0 Å². The number of hydrogen-bond acceptors (Lipinski definition) is 0. The van der Waals surface area contributed by atoms with Gasteiger partial charge < -0.3 is 0 Å². The van der Waals surface area contributed by atoms with Gasteiger partial charge in [-0.25, -0.2) is 0 Å². The summed E-state index contributed by atoms with van der Waals surface area (Å²) in [5.41, 5.74) is 18.9. The topological polar surface area (TPSA) is 0 Å². The minimum atomic E-state index is -5.74. The van der Waals surface area contributed by atoms with E-state index in [0.717, 1.165) is 12.8 Å². The van der Waals surface area contributed by atoms with Crippen LogP contribution >= 0.6 is 17.0 Å². The number of allylic oxidation sites excluding steroid dienone is 2. The molecule has 0 saturated heterocycles. The number of fused-ring (bicyclic) bond motifs is 5. The summed E-state index contributed by atoms with van der Waals surface area (Å²) in [6.07, 6.45) is 7.20. The molecule has 305 valence electrons. The molecule has 0 saturated carbocycles. The van der Waals surface area contributed by atoms with E-state index in [-0.39, 0.29) is 7.25 Å². The van der Waals surface area contributed by atoms with Crippen molar-refractivity contribution in [2.75, 3.05) is 0 Å². The second kappa shape index (κ2) is 16.0. The average Bonchev–Trinajstić information content (AvgIpc) is 3.98. The summed E-state index contributed by atoms with van der Waals surface area (Å²) in [7, 11) is 18.2. The van der Waals surface area contributed by atoms with E-state index in [1.807, 2.05) is 0 Å². The molecule has 2 aliphatic carbocycles. The maximum absolute atomic E-state index is 9.52. The van der Waals surface area contributed by atoms with Crippen LogP contribution in [0.2, 0.25) is 0 Å². The molecule has 6 aromatic rings. The second-order valence-corrected chi connectivity index (χ2v) is 41.1. The molecule has 1 heterocycles. The molecule has 4 heteroatoms. The van der Waals surface area contributed by atoms with Gasteiger partial charge in [0.2, 0.25) is 0 Å². The molecule has 0 spiro atoms. The molecule has 6 aromatic carbocycles. The fourth-order valence-electron chi connectivity index (χ4n) is 11.4. The van der Waals surface area contributed by atoms with E-state index in [4.69, 9.17) is 0 Å². The van der Waals surface area contributed by atoms with Crippen molar-refractivity contribution in [1.29, 1.82) is 0 Å².